The number of benzene rings is 2. The van der Waals surface area contributed by atoms with Crippen molar-refractivity contribution in [3.05, 3.63) is 75.4 Å². The van der Waals surface area contributed by atoms with Gasteiger partial charge in [-0.1, -0.05) is 24.8 Å². The Bertz CT molecular complexity index is 955. The predicted molar refractivity (Wildman–Crippen MR) is 106 cm³/mol. The molecule has 0 spiro atoms. The average molecular weight is 362 g/mol. The molecule has 2 aromatic rings. The van der Waals surface area contributed by atoms with Gasteiger partial charge in [-0.25, -0.2) is 4.79 Å². The first kappa shape index (κ1) is 17.8. The molecule has 2 atom stereocenters. The van der Waals surface area contributed by atoms with Crippen LogP contribution in [0.1, 0.15) is 51.5 Å². The lowest BCUT2D eigenvalue weighted by molar-refractivity contribution is -0.139. The molecule has 0 aromatic heterocycles. The summed E-state index contributed by atoms with van der Waals surface area (Å²) in [5.74, 6) is 0.718. The fraction of sp³-hybridized carbons (Fsp3) is 0.375. The number of esters is 1. The van der Waals surface area contributed by atoms with Gasteiger partial charge in [-0.2, -0.15) is 0 Å². The largest absolute Gasteiger partial charge is 0.489 e. The molecule has 3 heteroatoms. The molecule has 2 aliphatic rings. The van der Waals surface area contributed by atoms with Crippen molar-refractivity contribution < 1.29 is 14.3 Å². The van der Waals surface area contributed by atoms with Gasteiger partial charge >= 0.3 is 5.97 Å². The van der Waals surface area contributed by atoms with Crippen LogP contribution in [0.5, 0.6) is 5.75 Å². The van der Waals surface area contributed by atoms with Gasteiger partial charge in [0.15, 0.2) is 0 Å². The minimum absolute atomic E-state index is 0.0948. The van der Waals surface area contributed by atoms with E-state index in [-0.39, 0.29) is 18.0 Å². The number of hydrogen-bond acceptors (Lipinski definition) is 3. The van der Waals surface area contributed by atoms with Crippen molar-refractivity contribution in [3.63, 3.8) is 0 Å². The summed E-state index contributed by atoms with van der Waals surface area (Å²) >= 11 is 0. The lowest BCUT2D eigenvalue weighted by Crippen LogP contribution is -2.20. The van der Waals surface area contributed by atoms with E-state index in [2.05, 4.69) is 58.5 Å². The first-order chi connectivity index (χ1) is 12.9. The van der Waals surface area contributed by atoms with E-state index in [0.717, 1.165) is 29.7 Å². The molecule has 0 saturated carbocycles. The second-order valence-corrected chi connectivity index (χ2v) is 7.85. The second-order valence-electron chi connectivity index (χ2n) is 7.85. The highest BCUT2D eigenvalue weighted by Crippen LogP contribution is 2.49. The Kier molecular flexibility index (Phi) is 4.33. The third-order valence-electron chi connectivity index (χ3n) is 6.32. The van der Waals surface area contributed by atoms with E-state index in [1.54, 1.807) is 0 Å². The summed E-state index contributed by atoms with van der Waals surface area (Å²) < 4.78 is 11.9. The molecule has 1 fully saturated rings. The van der Waals surface area contributed by atoms with E-state index < -0.39 is 0 Å². The highest BCUT2D eigenvalue weighted by Gasteiger charge is 2.44. The maximum absolute atomic E-state index is 12.1. The zero-order chi connectivity index (χ0) is 19.3. The van der Waals surface area contributed by atoms with E-state index >= 15 is 0 Å². The molecule has 0 N–H and O–H groups in total. The van der Waals surface area contributed by atoms with Crippen molar-refractivity contribution in [2.24, 2.45) is 5.92 Å². The van der Waals surface area contributed by atoms with Gasteiger partial charge in [0.25, 0.3) is 0 Å². The van der Waals surface area contributed by atoms with E-state index in [4.69, 9.17) is 9.47 Å². The number of rotatable bonds is 3. The smallest absolute Gasteiger partial charge is 0.334 e. The normalized spacial score (nSPS) is 20.9. The minimum Gasteiger partial charge on any atom is -0.489 e. The lowest BCUT2D eigenvalue weighted by atomic mass is 9.76. The summed E-state index contributed by atoms with van der Waals surface area (Å²) in [6.45, 7) is 12.9. The van der Waals surface area contributed by atoms with Crippen molar-refractivity contribution in [1.82, 2.24) is 0 Å². The number of fused-ring (bicyclic) bond motifs is 3. The SMILES string of the molecule is C=C1C(=O)OC2c3c(C)c(OCc4cccc(C)c4C)cc(C)c3CC[C@@H]12. The zero-order valence-corrected chi connectivity index (χ0v) is 16.5. The molecule has 2 aromatic carbocycles. The van der Waals surface area contributed by atoms with Gasteiger partial charge in [0, 0.05) is 17.1 Å². The summed E-state index contributed by atoms with van der Waals surface area (Å²) in [6.07, 6.45) is 1.66. The molecule has 1 unspecified atom stereocenters. The van der Waals surface area contributed by atoms with Gasteiger partial charge in [0.05, 0.1) is 0 Å². The summed E-state index contributed by atoms with van der Waals surface area (Å²) in [5, 5.41) is 0. The van der Waals surface area contributed by atoms with Gasteiger partial charge in [-0.05, 0) is 80.0 Å². The monoisotopic (exact) mass is 362 g/mol. The van der Waals surface area contributed by atoms with Crippen molar-refractivity contribution in [1.29, 1.82) is 0 Å². The van der Waals surface area contributed by atoms with Crippen LogP contribution in [0, 0.1) is 33.6 Å². The summed E-state index contributed by atoms with van der Waals surface area (Å²) in [7, 11) is 0. The lowest BCUT2D eigenvalue weighted by Gasteiger charge is -2.30. The number of aryl methyl sites for hydroxylation is 2. The van der Waals surface area contributed by atoms with Crippen molar-refractivity contribution in [2.45, 2.75) is 53.2 Å². The predicted octanol–water partition coefficient (Wildman–Crippen LogP) is 5.22. The number of hydrogen-bond donors (Lipinski definition) is 0. The number of carbonyl (C=O) groups excluding carboxylic acids is 1. The Labute approximate surface area is 161 Å². The highest BCUT2D eigenvalue weighted by atomic mass is 16.6. The van der Waals surface area contributed by atoms with Crippen molar-refractivity contribution >= 4 is 5.97 Å². The van der Waals surface area contributed by atoms with Gasteiger partial charge in [0.1, 0.15) is 18.5 Å². The van der Waals surface area contributed by atoms with E-state index in [1.807, 2.05) is 0 Å². The van der Waals surface area contributed by atoms with E-state index in [1.165, 1.54) is 27.8 Å². The van der Waals surface area contributed by atoms with E-state index in [0.29, 0.717) is 12.2 Å². The third-order valence-corrected chi connectivity index (χ3v) is 6.32. The van der Waals surface area contributed by atoms with Gasteiger partial charge in [-0.3, -0.25) is 0 Å². The number of ether oxygens (including phenoxy) is 2. The van der Waals surface area contributed by atoms with Crippen LogP contribution >= 0.6 is 0 Å². The number of carbonyl (C=O) groups is 1. The van der Waals surface area contributed by atoms with Gasteiger partial charge in [0.2, 0.25) is 0 Å². The molecule has 3 nitrogen and oxygen atoms in total. The van der Waals surface area contributed by atoms with E-state index in [9.17, 15) is 4.79 Å². The quantitative estimate of drug-likeness (QED) is 0.555. The van der Waals surface area contributed by atoms with Crippen molar-refractivity contribution in [2.75, 3.05) is 0 Å². The minimum atomic E-state index is -0.253. The molecule has 27 heavy (non-hydrogen) atoms. The van der Waals surface area contributed by atoms with Crippen LogP contribution in [0.25, 0.3) is 0 Å². The van der Waals surface area contributed by atoms with Crippen LogP contribution in [-0.2, 0) is 22.6 Å². The summed E-state index contributed by atoms with van der Waals surface area (Å²) in [4.78, 5) is 12.1. The Morgan fingerprint density at radius 1 is 1.15 bits per heavy atom. The maximum Gasteiger partial charge on any atom is 0.334 e. The molecular weight excluding hydrogens is 336 g/mol. The first-order valence-corrected chi connectivity index (χ1v) is 9.59. The Balaban J connectivity index is 1.69. The average Bonchev–Trinajstić information content (AvgIpc) is 2.94. The standard InChI is InChI=1S/C24H26O3/c1-13-7-6-8-18(15(13)3)12-26-21-11-14(2)19-9-10-20-16(4)24(25)27-23(20)22(19)17(21)5/h6-8,11,20,23H,4,9-10,12H2,1-3,5H3/t20-,23?/m0/s1. The third kappa shape index (κ3) is 2.86. The molecule has 0 radical (unpaired) electrons. The molecule has 0 bridgehead atoms. The van der Waals surface area contributed by atoms with Crippen molar-refractivity contribution in [3.8, 4) is 5.75 Å². The molecule has 1 heterocycles. The molecule has 140 valence electrons. The van der Waals surface area contributed by atoms with Crippen LogP contribution in [0.4, 0.5) is 0 Å². The van der Waals surface area contributed by atoms with Crippen LogP contribution in [-0.4, -0.2) is 5.97 Å². The van der Waals surface area contributed by atoms with Crippen LogP contribution < -0.4 is 4.74 Å². The molecule has 4 rings (SSSR count). The fourth-order valence-corrected chi connectivity index (χ4v) is 4.45. The molecule has 0 amide bonds. The molecule has 1 aliphatic carbocycles. The highest BCUT2D eigenvalue weighted by molar-refractivity contribution is 5.91. The first-order valence-electron chi connectivity index (χ1n) is 9.59. The Hall–Kier alpha value is -2.55. The van der Waals surface area contributed by atoms with Gasteiger partial charge in [-0.15, -0.1) is 0 Å². The Morgan fingerprint density at radius 2 is 1.93 bits per heavy atom. The Morgan fingerprint density at radius 3 is 2.70 bits per heavy atom. The molecular formula is C24H26O3. The fourth-order valence-electron chi connectivity index (χ4n) is 4.45. The summed E-state index contributed by atoms with van der Waals surface area (Å²) in [5.41, 5.74) is 9.08. The summed E-state index contributed by atoms with van der Waals surface area (Å²) in [6, 6.07) is 8.43. The maximum atomic E-state index is 12.1. The van der Waals surface area contributed by atoms with Crippen LogP contribution in [0.3, 0.4) is 0 Å². The van der Waals surface area contributed by atoms with Crippen LogP contribution in [0.2, 0.25) is 0 Å². The topological polar surface area (TPSA) is 35.5 Å². The second kappa shape index (κ2) is 6.56. The molecule has 1 aliphatic heterocycles. The van der Waals surface area contributed by atoms with Gasteiger partial charge < -0.3 is 9.47 Å². The van der Waals surface area contributed by atoms with Crippen LogP contribution in [0.15, 0.2) is 36.4 Å². The zero-order valence-electron chi connectivity index (χ0n) is 16.5. The molecule has 1 saturated heterocycles.